The number of ether oxygens (including phenoxy) is 1. The highest BCUT2D eigenvalue weighted by molar-refractivity contribution is 5.14. The molecule has 19 heavy (non-hydrogen) atoms. The highest BCUT2D eigenvalue weighted by Gasteiger charge is 2.18. The number of nitrogens with one attached hydrogen (secondary N) is 1. The van der Waals surface area contributed by atoms with Gasteiger partial charge in [-0.1, -0.05) is 30.3 Å². The summed E-state index contributed by atoms with van der Waals surface area (Å²) in [5.41, 5.74) is 1.43. The topological polar surface area (TPSA) is 24.5 Å². The summed E-state index contributed by atoms with van der Waals surface area (Å²) in [7, 11) is 2.20. The smallest absolute Gasteiger partial charge is 0.0826 e. The Morgan fingerprint density at radius 2 is 2.16 bits per heavy atom. The molecule has 0 saturated carbocycles. The molecule has 1 heterocycles. The largest absolute Gasteiger partial charge is 0.374 e. The predicted molar refractivity (Wildman–Crippen MR) is 79.5 cm³/mol. The van der Waals surface area contributed by atoms with Gasteiger partial charge < -0.3 is 15.0 Å². The molecule has 106 valence electrons. The van der Waals surface area contributed by atoms with E-state index < -0.39 is 0 Å². The molecule has 2 atom stereocenters. The minimum Gasteiger partial charge on any atom is -0.374 e. The summed E-state index contributed by atoms with van der Waals surface area (Å²) in [6.45, 7) is 6.14. The fourth-order valence-electron chi connectivity index (χ4n) is 2.48. The van der Waals surface area contributed by atoms with Gasteiger partial charge in [-0.3, -0.25) is 0 Å². The van der Waals surface area contributed by atoms with Gasteiger partial charge in [0.05, 0.1) is 12.7 Å². The summed E-state index contributed by atoms with van der Waals surface area (Å²) in [4.78, 5) is 2.42. The first-order chi connectivity index (χ1) is 9.25. The van der Waals surface area contributed by atoms with Crippen LogP contribution in [0.25, 0.3) is 0 Å². The molecule has 3 heteroatoms. The Morgan fingerprint density at radius 1 is 1.37 bits per heavy atom. The maximum atomic E-state index is 5.76. The van der Waals surface area contributed by atoms with Gasteiger partial charge in [-0.25, -0.2) is 0 Å². The van der Waals surface area contributed by atoms with Gasteiger partial charge in [0.15, 0.2) is 0 Å². The number of nitrogens with zero attached hydrogens (tertiary/aromatic N) is 1. The standard InChI is InChI=1S/C16H26N2O/c1-14(8-9-15-6-4-3-5-7-15)18(2)13-16-12-17-10-11-19-16/h3-7,14,16-17H,8-13H2,1-2H3. The maximum Gasteiger partial charge on any atom is 0.0826 e. The fraction of sp³-hybridized carbons (Fsp3) is 0.625. The lowest BCUT2D eigenvalue weighted by molar-refractivity contribution is 0.00357. The van der Waals surface area contributed by atoms with Crippen LogP contribution in [-0.4, -0.2) is 50.3 Å². The lowest BCUT2D eigenvalue weighted by Crippen LogP contribution is -2.46. The molecule has 0 bridgehead atoms. The quantitative estimate of drug-likeness (QED) is 0.848. The SMILES string of the molecule is CC(CCc1ccccc1)N(C)CC1CNCCO1. The van der Waals surface area contributed by atoms with Crippen LogP contribution in [0.2, 0.25) is 0 Å². The monoisotopic (exact) mass is 262 g/mol. The number of aryl methyl sites for hydroxylation is 1. The van der Waals surface area contributed by atoms with Gasteiger partial charge in [0.2, 0.25) is 0 Å². The van der Waals surface area contributed by atoms with E-state index in [0.717, 1.165) is 32.7 Å². The van der Waals surface area contributed by atoms with E-state index in [1.54, 1.807) is 0 Å². The molecule has 0 aromatic heterocycles. The fourth-order valence-corrected chi connectivity index (χ4v) is 2.48. The third kappa shape index (κ3) is 4.94. The zero-order valence-electron chi connectivity index (χ0n) is 12.1. The lowest BCUT2D eigenvalue weighted by Gasteiger charge is -2.31. The Bertz CT molecular complexity index is 349. The number of hydrogen-bond donors (Lipinski definition) is 1. The van der Waals surface area contributed by atoms with Gasteiger partial charge in [-0.05, 0) is 32.4 Å². The van der Waals surface area contributed by atoms with Crippen molar-refractivity contribution >= 4 is 0 Å². The van der Waals surface area contributed by atoms with Crippen molar-refractivity contribution in [2.24, 2.45) is 0 Å². The van der Waals surface area contributed by atoms with Gasteiger partial charge >= 0.3 is 0 Å². The van der Waals surface area contributed by atoms with E-state index in [1.807, 2.05) is 0 Å². The number of benzene rings is 1. The Morgan fingerprint density at radius 3 is 2.84 bits per heavy atom. The Balaban J connectivity index is 1.71. The summed E-state index contributed by atoms with van der Waals surface area (Å²) in [5, 5.41) is 3.39. The van der Waals surface area contributed by atoms with Gasteiger partial charge in [0.25, 0.3) is 0 Å². The van der Waals surface area contributed by atoms with Crippen molar-refractivity contribution in [1.29, 1.82) is 0 Å². The van der Waals surface area contributed by atoms with Gasteiger partial charge in [0.1, 0.15) is 0 Å². The van der Waals surface area contributed by atoms with Gasteiger partial charge in [-0.15, -0.1) is 0 Å². The number of likely N-dealkylation sites (N-methyl/N-ethyl adjacent to an activating group) is 1. The average molecular weight is 262 g/mol. The molecule has 1 fully saturated rings. The van der Waals surface area contributed by atoms with Crippen LogP contribution in [0.3, 0.4) is 0 Å². The van der Waals surface area contributed by atoms with E-state index in [9.17, 15) is 0 Å². The number of morpholine rings is 1. The van der Waals surface area contributed by atoms with Crippen LogP contribution in [0.5, 0.6) is 0 Å². The van der Waals surface area contributed by atoms with Crippen LogP contribution in [0.4, 0.5) is 0 Å². The van der Waals surface area contributed by atoms with Crippen LogP contribution in [0.15, 0.2) is 30.3 Å². The second kappa shape index (κ2) is 7.63. The Labute approximate surface area is 116 Å². The maximum absolute atomic E-state index is 5.76. The first-order valence-corrected chi connectivity index (χ1v) is 7.32. The molecule has 1 aromatic carbocycles. The van der Waals surface area contributed by atoms with E-state index >= 15 is 0 Å². The molecule has 0 radical (unpaired) electrons. The molecule has 1 saturated heterocycles. The molecule has 3 nitrogen and oxygen atoms in total. The van der Waals surface area contributed by atoms with E-state index in [4.69, 9.17) is 4.74 Å². The van der Waals surface area contributed by atoms with Crippen LogP contribution < -0.4 is 5.32 Å². The van der Waals surface area contributed by atoms with Crippen LogP contribution in [0.1, 0.15) is 18.9 Å². The van der Waals surface area contributed by atoms with Crippen molar-refractivity contribution in [3.05, 3.63) is 35.9 Å². The van der Waals surface area contributed by atoms with E-state index in [0.29, 0.717) is 12.1 Å². The van der Waals surface area contributed by atoms with Crippen molar-refractivity contribution in [2.75, 3.05) is 33.3 Å². The molecule has 2 rings (SSSR count). The first kappa shape index (κ1) is 14.5. The van der Waals surface area contributed by atoms with E-state index in [1.165, 1.54) is 12.0 Å². The molecule has 1 aliphatic heterocycles. The predicted octanol–water partition coefficient (Wildman–Crippen LogP) is 1.93. The number of rotatable bonds is 6. The molecule has 0 spiro atoms. The third-order valence-corrected chi connectivity index (χ3v) is 3.94. The molecule has 1 aliphatic rings. The summed E-state index contributed by atoms with van der Waals surface area (Å²) >= 11 is 0. The van der Waals surface area contributed by atoms with Crippen molar-refractivity contribution in [2.45, 2.75) is 31.9 Å². The highest BCUT2D eigenvalue weighted by Crippen LogP contribution is 2.10. The van der Waals surface area contributed by atoms with Crippen LogP contribution >= 0.6 is 0 Å². The second-order valence-corrected chi connectivity index (χ2v) is 5.51. The Kier molecular flexibility index (Phi) is 5.83. The summed E-state index contributed by atoms with van der Waals surface area (Å²) in [5.74, 6) is 0. The zero-order valence-corrected chi connectivity index (χ0v) is 12.1. The van der Waals surface area contributed by atoms with Crippen molar-refractivity contribution < 1.29 is 4.74 Å². The molecule has 1 aromatic rings. The summed E-state index contributed by atoms with van der Waals surface area (Å²) in [6, 6.07) is 11.3. The second-order valence-electron chi connectivity index (χ2n) is 5.51. The van der Waals surface area contributed by atoms with Crippen molar-refractivity contribution in [3.63, 3.8) is 0 Å². The third-order valence-electron chi connectivity index (χ3n) is 3.94. The molecular weight excluding hydrogens is 236 g/mol. The van der Waals surface area contributed by atoms with Gasteiger partial charge in [-0.2, -0.15) is 0 Å². The minimum atomic E-state index is 0.345. The molecule has 0 amide bonds. The van der Waals surface area contributed by atoms with Crippen molar-refractivity contribution in [3.8, 4) is 0 Å². The lowest BCUT2D eigenvalue weighted by atomic mass is 10.1. The van der Waals surface area contributed by atoms with E-state index in [2.05, 4.69) is 54.5 Å². The van der Waals surface area contributed by atoms with Crippen LogP contribution in [0, 0.1) is 0 Å². The highest BCUT2D eigenvalue weighted by atomic mass is 16.5. The average Bonchev–Trinajstić information content (AvgIpc) is 2.47. The van der Waals surface area contributed by atoms with Crippen molar-refractivity contribution in [1.82, 2.24) is 10.2 Å². The molecular formula is C16H26N2O. The first-order valence-electron chi connectivity index (χ1n) is 7.32. The van der Waals surface area contributed by atoms with Gasteiger partial charge in [0, 0.05) is 25.7 Å². The molecule has 2 unspecified atom stereocenters. The summed E-state index contributed by atoms with van der Waals surface area (Å²) in [6.07, 6.45) is 2.69. The minimum absolute atomic E-state index is 0.345. The summed E-state index contributed by atoms with van der Waals surface area (Å²) < 4.78 is 5.76. The normalized spacial score (nSPS) is 21.5. The molecule has 0 aliphatic carbocycles. The zero-order chi connectivity index (χ0) is 13.5. The van der Waals surface area contributed by atoms with Crippen LogP contribution in [-0.2, 0) is 11.2 Å². The molecule has 1 N–H and O–H groups in total. The number of hydrogen-bond acceptors (Lipinski definition) is 3. The van der Waals surface area contributed by atoms with E-state index in [-0.39, 0.29) is 0 Å². The Hall–Kier alpha value is -0.900.